The van der Waals surface area contributed by atoms with E-state index in [1.165, 1.54) is 11.3 Å². The molecule has 7 nitrogen and oxygen atoms in total. The molecule has 2 rings (SSSR count). The van der Waals surface area contributed by atoms with Gasteiger partial charge in [0.2, 0.25) is 0 Å². The number of carbonyl (C=O) groups is 1. The van der Waals surface area contributed by atoms with E-state index in [1.807, 2.05) is 0 Å². The Balaban J connectivity index is 1.81. The molecule has 0 aliphatic carbocycles. The molecule has 0 aliphatic heterocycles. The van der Waals surface area contributed by atoms with Crippen LogP contribution in [0.3, 0.4) is 0 Å². The molecule has 0 aliphatic rings. The second kappa shape index (κ2) is 9.24. The molecule has 1 heterocycles. The number of benzene rings is 1. The summed E-state index contributed by atoms with van der Waals surface area (Å²) >= 11 is 1.40. The maximum atomic E-state index is 12.3. The number of rotatable bonds is 9. The smallest absolute Gasteiger partial charge is 0.273 e. The average Bonchev–Trinajstić information content (AvgIpc) is 3.13. The molecule has 136 valence electrons. The number of ether oxygens (including phenoxy) is 3. The van der Waals surface area contributed by atoms with Crippen molar-refractivity contribution in [2.45, 2.75) is 13.0 Å². The summed E-state index contributed by atoms with van der Waals surface area (Å²) in [5, 5.41) is 2.49. The first kappa shape index (κ1) is 19.0. The first-order chi connectivity index (χ1) is 12.1. The van der Waals surface area contributed by atoms with E-state index in [0.717, 1.165) is 5.01 Å². The van der Waals surface area contributed by atoms with Crippen molar-refractivity contribution in [1.82, 2.24) is 9.88 Å². The lowest BCUT2D eigenvalue weighted by atomic mass is 10.3. The Morgan fingerprint density at radius 3 is 2.40 bits per heavy atom. The van der Waals surface area contributed by atoms with Crippen LogP contribution in [-0.2, 0) is 6.54 Å². The first-order valence-corrected chi connectivity index (χ1v) is 8.71. The van der Waals surface area contributed by atoms with Crippen molar-refractivity contribution in [3.05, 3.63) is 34.3 Å². The van der Waals surface area contributed by atoms with Gasteiger partial charge in [-0.3, -0.25) is 4.79 Å². The molecule has 0 unspecified atom stereocenters. The van der Waals surface area contributed by atoms with Crippen LogP contribution in [0.4, 0.5) is 0 Å². The third kappa shape index (κ3) is 5.33. The zero-order valence-corrected chi connectivity index (χ0v) is 15.5. The molecule has 0 fully saturated rings. The third-order valence-corrected chi connectivity index (χ3v) is 4.39. The van der Waals surface area contributed by atoms with Crippen LogP contribution in [0.1, 0.15) is 21.9 Å². The van der Waals surface area contributed by atoms with Gasteiger partial charge in [0, 0.05) is 43.7 Å². The number of thiazole rings is 1. The van der Waals surface area contributed by atoms with Crippen LogP contribution < -0.4 is 19.9 Å². The normalized spacial score (nSPS) is 10.4. The second-order valence-corrected chi connectivity index (χ2v) is 6.25. The molecule has 8 heteroatoms. The van der Waals surface area contributed by atoms with Crippen molar-refractivity contribution in [2.75, 3.05) is 34.4 Å². The Morgan fingerprint density at radius 1 is 1.20 bits per heavy atom. The van der Waals surface area contributed by atoms with Gasteiger partial charge in [0.1, 0.15) is 28.0 Å². The lowest BCUT2D eigenvalue weighted by molar-refractivity contribution is 0.0782. The molecule has 1 aromatic heterocycles. The topological polar surface area (TPSA) is 86.9 Å². The van der Waals surface area contributed by atoms with Gasteiger partial charge in [-0.25, -0.2) is 4.98 Å². The minimum Gasteiger partial charge on any atom is -0.496 e. The van der Waals surface area contributed by atoms with Crippen molar-refractivity contribution >= 4 is 17.2 Å². The Morgan fingerprint density at radius 2 is 1.84 bits per heavy atom. The molecule has 0 saturated heterocycles. The zero-order chi connectivity index (χ0) is 18.2. The average molecular weight is 365 g/mol. The Labute approximate surface area is 151 Å². The van der Waals surface area contributed by atoms with Gasteiger partial charge in [0.05, 0.1) is 20.8 Å². The lowest BCUT2D eigenvalue weighted by Gasteiger charge is -2.16. The van der Waals surface area contributed by atoms with E-state index in [4.69, 9.17) is 19.9 Å². The number of carbonyl (C=O) groups excluding carboxylic acids is 1. The predicted molar refractivity (Wildman–Crippen MR) is 96.6 cm³/mol. The Bertz CT molecular complexity index is 683. The summed E-state index contributed by atoms with van der Waals surface area (Å²) in [4.78, 5) is 18.1. The zero-order valence-electron chi connectivity index (χ0n) is 14.7. The Hall–Kier alpha value is -2.32. The monoisotopic (exact) mass is 365 g/mol. The van der Waals surface area contributed by atoms with Crippen LogP contribution in [0, 0.1) is 0 Å². The SMILES string of the molecule is COc1cc(OC)cc(OCCCN(C)C(=O)c2csc(CN)n2)c1. The van der Waals surface area contributed by atoms with Crippen LogP contribution in [0.2, 0.25) is 0 Å². The minimum atomic E-state index is -0.112. The van der Waals surface area contributed by atoms with Gasteiger partial charge in [-0.1, -0.05) is 0 Å². The summed E-state index contributed by atoms with van der Waals surface area (Å²) in [7, 11) is 4.93. The first-order valence-electron chi connectivity index (χ1n) is 7.83. The van der Waals surface area contributed by atoms with Crippen molar-refractivity contribution < 1.29 is 19.0 Å². The molecule has 0 bridgehead atoms. The van der Waals surface area contributed by atoms with E-state index in [9.17, 15) is 4.79 Å². The fourth-order valence-electron chi connectivity index (χ4n) is 2.16. The van der Waals surface area contributed by atoms with E-state index in [1.54, 1.807) is 49.7 Å². The number of amides is 1. The Kier molecular flexibility index (Phi) is 7.03. The van der Waals surface area contributed by atoms with Gasteiger partial charge in [-0.15, -0.1) is 11.3 Å². The van der Waals surface area contributed by atoms with E-state index >= 15 is 0 Å². The van der Waals surface area contributed by atoms with Gasteiger partial charge < -0.3 is 24.8 Å². The predicted octanol–water partition coefficient (Wildman–Crippen LogP) is 2.16. The van der Waals surface area contributed by atoms with Crippen LogP contribution >= 0.6 is 11.3 Å². The highest BCUT2D eigenvalue weighted by molar-refractivity contribution is 7.09. The highest BCUT2D eigenvalue weighted by atomic mass is 32.1. The highest BCUT2D eigenvalue weighted by Crippen LogP contribution is 2.27. The summed E-state index contributed by atoms with van der Waals surface area (Å²) in [6, 6.07) is 5.37. The van der Waals surface area contributed by atoms with Crippen LogP contribution in [0.15, 0.2) is 23.6 Å². The summed E-state index contributed by atoms with van der Waals surface area (Å²) in [5.74, 6) is 1.89. The van der Waals surface area contributed by atoms with Crippen LogP contribution in [0.5, 0.6) is 17.2 Å². The molecule has 0 atom stereocenters. The molecule has 0 saturated carbocycles. The molecular weight excluding hydrogens is 342 g/mol. The number of hydrogen-bond acceptors (Lipinski definition) is 7. The summed E-state index contributed by atoms with van der Waals surface area (Å²) in [5.41, 5.74) is 5.96. The van der Waals surface area contributed by atoms with Gasteiger partial charge >= 0.3 is 0 Å². The molecule has 2 N–H and O–H groups in total. The highest BCUT2D eigenvalue weighted by Gasteiger charge is 2.15. The quantitative estimate of drug-likeness (QED) is 0.685. The number of methoxy groups -OCH3 is 2. The molecular formula is C17H23N3O4S. The van der Waals surface area contributed by atoms with Crippen molar-refractivity contribution in [3.8, 4) is 17.2 Å². The van der Waals surface area contributed by atoms with E-state index < -0.39 is 0 Å². The largest absolute Gasteiger partial charge is 0.496 e. The standard InChI is InChI=1S/C17H23N3O4S/c1-20(17(21)15-11-25-16(10-18)19-15)5-4-6-24-14-8-12(22-2)7-13(9-14)23-3/h7-9,11H,4-6,10,18H2,1-3H3. The number of aromatic nitrogens is 1. The molecule has 2 aromatic rings. The van der Waals surface area contributed by atoms with Gasteiger partial charge in [-0.2, -0.15) is 0 Å². The van der Waals surface area contributed by atoms with E-state index in [-0.39, 0.29) is 5.91 Å². The van der Waals surface area contributed by atoms with Gasteiger partial charge in [-0.05, 0) is 6.42 Å². The van der Waals surface area contributed by atoms with Crippen molar-refractivity contribution in [3.63, 3.8) is 0 Å². The third-order valence-electron chi connectivity index (χ3n) is 3.52. The fourth-order valence-corrected chi connectivity index (χ4v) is 2.80. The maximum absolute atomic E-state index is 12.3. The maximum Gasteiger partial charge on any atom is 0.273 e. The minimum absolute atomic E-state index is 0.112. The lowest BCUT2D eigenvalue weighted by Crippen LogP contribution is -2.29. The summed E-state index contributed by atoms with van der Waals surface area (Å²) in [6.45, 7) is 1.38. The second-order valence-electron chi connectivity index (χ2n) is 5.31. The summed E-state index contributed by atoms with van der Waals surface area (Å²) in [6.07, 6.45) is 0.690. The van der Waals surface area contributed by atoms with Gasteiger partial charge in [0.25, 0.3) is 5.91 Å². The number of nitrogens with zero attached hydrogens (tertiary/aromatic N) is 2. The molecule has 0 radical (unpaired) electrons. The van der Waals surface area contributed by atoms with E-state index in [0.29, 0.717) is 49.1 Å². The molecule has 0 spiro atoms. The number of nitrogens with two attached hydrogens (primary N) is 1. The fraction of sp³-hybridized carbons (Fsp3) is 0.412. The van der Waals surface area contributed by atoms with Gasteiger partial charge in [0.15, 0.2) is 0 Å². The number of hydrogen-bond donors (Lipinski definition) is 1. The van der Waals surface area contributed by atoms with Crippen LogP contribution in [0.25, 0.3) is 0 Å². The molecule has 1 aromatic carbocycles. The van der Waals surface area contributed by atoms with Crippen molar-refractivity contribution in [2.24, 2.45) is 5.73 Å². The summed E-state index contributed by atoms with van der Waals surface area (Å²) < 4.78 is 16.1. The van der Waals surface area contributed by atoms with E-state index in [2.05, 4.69) is 4.98 Å². The van der Waals surface area contributed by atoms with Crippen LogP contribution in [-0.4, -0.2) is 50.2 Å². The molecule has 25 heavy (non-hydrogen) atoms. The van der Waals surface area contributed by atoms with Crippen molar-refractivity contribution in [1.29, 1.82) is 0 Å². The molecule has 1 amide bonds.